The van der Waals surface area contributed by atoms with Gasteiger partial charge in [-0.15, -0.1) is 0 Å². The van der Waals surface area contributed by atoms with Crippen LogP contribution in [0.2, 0.25) is 0 Å². The molecule has 2 aromatic heterocycles. The van der Waals surface area contributed by atoms with Gasteiger partial charge in [0.15, 0.2) is 0 Å². The SMILES string of the molecule is Cc1cn(CCc2cc(CC3CCN(C)CC3)n(C)n2)cn1. The first-order valence-corrected chi connectivity index (χ1v) is 8.29. The number of hydrogen-bond donors (Lipinski definition) is 0. The highest BCUT2D eigenvalue weighted by Crippen LogP contribution is 2.21. The van der Waals surface area contributed by atoms with Crippen LogP contribution in [0.25, 0.3) is 0 Å². The van der Waals surface area contributed by atoms with Gasteiger partial charge in [0.25, 0.3) is 0 Å². The summed E-state index contributed by atoms with van der Waals surface area (Å²) in [7, 11) is 4.30. The first-order chi connectivity index (χ1) is 10.6. The fourth-order valence-corrected chi connectivity index (χ4v) is 3.28. The summed E-state index contributed by atoms with van der Waals surface area (Å²) < 4.78 is 4.22. The van der Waals surface area contributed by atoms with E-state index in [1.54, 1.807) is 0 Å². The van der Waals surface area contributed by atoms with Crippen LogP contribution in [0.4, 0.5) is 0 Å². The molecule has 0 saturated carbocycles. The third-order valence-corrected chi connectivity index (χ3v) is 4.75. The molecule has 0 unspecified atom stereocenters. The third kappa shape index (κ3) is 3.77. The van der Waals surface area contributed by atoms with Crippen LogP contribution in [-0.4, -0.2) is 44.4 Å². The number of aromatic nitrogens is 4. The minimum Gasteiger partial charge on any atom is -0.337 e. The summed E-state index contributed by atoms with van der Waals surface area (Å²) in [5.41, 5.74) is 3.65. The molecule has 22 heavy (non-hydrogen) atoms. The van der Waals surface area contributed by atoms with Gasteiger partial charge in [-0.3, -0.25) is 4.68 Å². The molecule has 5 nitrogen and oxygen atoms in total. The smallest absolute Gasteiger partial charge is 0.0949 e. The molecule has 0 atom stereocenters. The van der Waals surface area contributed by atoms with Crippen molar-refractivity contribution in [1.29, 1.82) is 0 Å². The largest absolute Gasteiger partial charge is 0.337 e. The first-order valence-electron chi connectivity index (χ1n) is 8.29. The van der Waals surface area contributed by atoms with Gasteiger partial charge in [-0.1, -0.05) is 0 Å². The van der Waals surface area contributed by atoms with Crippen molar-refractivity contribution in [3.8, 4) is 0 Å². The monoisotopic (exact) mass is 301 g/mol. The normalized spacial score (nSPS) is 17.2. The number of aryl methyl sites for hydroxylation is 4. The molecule has 3 rings (SSSR count). The van der Waals surface area contributed by atoms with Gasteiger partial charge in [0.05, 0.1) is 17.7 Å². The summed E-state index contributed by atoms with van der Waals surface area (Å²) in [5.74, 6) is 0.816. The molecular weight excluding hydrogens is 274 g/mol. The number of nitrogens with zero attached hydrogens (tertiary/aromatic N) is 5. The van der Waals surface area contributed by atoms with E-state index in [2.05, 4.69) is 50.6 Å². The average molecular weight is 301 g/mol. The van der Waals surface area contributed by atoms with E-state index in [4.69, 9.17) is 0 Å². The molecule has 1 aliphatic heterocycles. The van der Waals surface area contributed by atoms with Crippen molar-refractivity contribution in [3.05, 3.63) is 35.7 Å². The lowest BCUT2D eigenvalue weighted by Crippen LogP contribution is -2.31. The molecule has 1 aliphatic rings. The van der Waals surface area contributed by atoms with E-state index in [9.17, 15) is 0 Å². The van der Waals surface area contributed by atoms with Gasteiger partial charge in [0.2, 0.25) is 0 Å². The van der Waals surface area contributed by atoms with Gasteiger partial charge >= 0.3 is 0 Å². The Hall–Kier alpha value is -1.62. The molecule has 3 heterocycles. The van der Waals surface area contributed by atoms with E-state index in [1.165, 1.54) is 43.7 Å². The minimum absolute atomic E-state index is 0.816. The second-order valence-corrected chi connectivity index (χ2v) is 6.70. The van der Waals surface area contributed by atoms with Crippen molar-refractivity contribution < 1.29 is 0 Å². The Kier molecular flexibility index (Phi) is 4.62. The molecule has 0 aliphatic carbocycles. The van der Waals surface area contributed by atoms with Gasteiger partial charge in [-0.2, -0.15) is 5.10 Å². The molecule has 1 fully saturated rings. The zero-order valence-corrected chi connectivity index (χ0v) is 14.0. The molecule has 0 aromatic carbocycles. The summed E-state index contributed by atoms with van der Waals surface area (Å²) in [6.07, 6.45) is 8.75. The predicted molar refractivity (Wildman–Crippen MR) is 87.8 cm³/mol. The quantitative estimate of drug-likeness (QED) is 0.848. The molecule has 0 amide bonds. The summed E-state index contributed by atoms with van der Waals surface area (Å²) in [6.45, 7) is 5.44. The van der Waals surface area contributed by atoms with Crippen molar-refractivity contribution in [3.63, 3.8) is 0 Å². The molecule has 0 N–H and O–H groups in total. The van der Waals surface area contributed by atoms with E-state index in [0.29, 0.717) is 0 Å². The molecule has 5 heteroatoms. The van der Waals surface area contributed by atoms with Gasteiger partial charge in [-0.05, 0) is 58.3 Å². The van der Waals surface area contributed by atoms with Crippen LogP contribution in [0.1, 0.15) is 29.9 Å². The van der Waals surface area contributed by atoms with Crippen LogP contribution in [0.5, 0.6) is 0 Å². The molecule has 2 aromatic rings. The van der Waals surface area contributed by atoms with E-state index in [0.717, 1.165) is 24.6 Å². The molecule has 120 valence electrons. The molecular formula is C17H27N5. The van der Waals surface area contributed by atoms with Gasteiger partial charge < -0.3 is 9.47 Å². The maximum absolute atomic E-state index is 4.69. The average Bonchev–Trinajstić information content (AvgIpc) is 3.06. The van der Waals surface area contributed by atoms with E-state index in [1.807, 2.05) is 13.3 Å². The highest BCUT2D eigenvalue weighted by atomic mass is 15.3. The van der Waals surface area contributed by atoms with Crippen LogP contribution in [0, 0.1) is 12.8 Å². The van der Waals surface area contributed by atoms with Gasteiger partial charge in [0, 0.05) is 31.9 Å². The van der Waals surface area contributed by atoms with Crippen LogP contribution < -0.4 is 0 Å². The zero-order valence-electron chi connectivity index (χ0n) is 14.0. The predicted octanol–water partition coefficient (Wildman–Crippen LogP) is 2.05. The van der Waals surface area contributed by atoms with E-state index >= 15 is 0 Å². The molecule has 0 bridgehead atoms. The topological polar surface area (TPSA) is 38.9 Å². The van der Waals surface area contributed by atoms with E-state index in [-0.39, 0.29) is 0 Å². The zero-order chi connectivity index (χ0) is 15.5. The second kappa shape index (κ2) is 6.65. The first kappa shape index (κ1) is 15.3. The van der Waals surface area contributed by atoms with Crippen LogP contribution in [0.3, 0.4) is 0 Å². The fourth-order valence-electron chi connectivity index (χ4n) is 3.28. The Morgan fingerprint density at radius 1 is 1.23 bits per heavy atom. The lowest BCUT2D eigenvalue weighted by Gasteiger charge is -2.28. The van der Waals surface area contributed by atoms with Crippen molar-refractivity contribution in [2.24, 2.45) is 13.0 Å². The van der Waals surface area contributed by atoms with Crippen LogP contribution in [0.15, 0.2) is 18.6 Å². The van der Waals surface area contributed by atoms with Gasteiger partial charge in [-0.25, -0.2) is 4.98 Å². The Balaban J connectivity index is 1.56. The number of rotatable bonds is 5. The van der Waals surface area contributed by atoms with Gasteiger partial charge in [0.1, 0.15) is 0 Å². The molecule has 1 saturated heterocycles. The van der Waals surface area contributed by atoms with Crippen molar-refractivity contribution in [2.75, 3.05) is 20.1 Å². The second-order valence-electron chi connectivity index (χ2n) is 6.70. The number of imidazole rings is 1. The number of likely N-dealkylation sites (tertiary alicyclic amines) is 1. The Morgan fingerprint density at radius 2 is 2.00 bits per heavy atom. The number of piperidine rings is 1. The summed E-state index contributed by atoms with van der Waals surface area (Å²) in [4.78, 5) is 6.70. The highest BCUT2D eigenvalue weighted by Gasteiger charge is 2.18. The lowest BCUT2D eigenvalue weighted by atomic mass is 9.92. The minimum atomic E-state index is 0.816. The summed E-state index contributed by atoms with van der Waals surface area (Å²) in [6, 6.07) is 2.29. The van der Waals surface area contributed by atoms with Crippen LogP contribution >= 0.6 is 0 Å². The Bertz CT molecular complexity index is 604. The fraction of sp³-hybridized carbons (Fsp3) is 0.647. The Morgan fingerprint density at radius 3 is 2.68 bits per heavy atom. The van der Waals surface area contributed by atoms with E-state index < -0.39 is 0 Å². The Labute approximate surface area is 133 Å². The lowest BCUT2D eigenvalue weighted by molar-refractivity contribution is 0.217. The highest BCUT2D eigenvalue weighted by molar-refractivity contribution is 5.11. The maximum Gasteiger partial charge on any atom is 0.0949 e. The summed E-state index contributed by atoms with van der Waals surface area (Å²) >= 11 is 0. The molecule has 0 spiro atoms. The number of hydrogen-bond acceptors (Lipinski definition) is 3. The standard InChI is InChI=1S/C17H27N5/c1-14-12-22(13-18-14)9-6-16-11-17(21(3)19-16)10-15-4-7-20(2)8-5-15/h11-13,15H,4-10H2,1-3H3. The van der Waals surface area contributed by atoms with Crippen molar-refractivity contribution in [1.82, 2.24) is 24.2 Å². The molecule has 0 radical (unpaired) electrons. The summed E-state index contributed by atoms with van der Waals surface area (Å²) in [5, 5.41) is 4.69. The third-order valence-electron chi connectivity index (χ3n) is 4.75. The van der Waals surface area contributed by atoms with Crippen molar-refractivity contribution in [2.45, 2.75) is 39.2 Å². The maximum atomic E-state index is 4.69. The van der Waals surface area contributed by atoms with Crippen molar-refractivity contribution >= 4 is 0 Å². The van der Waals surface area contributed by atoms with Crippen LogP contribution in [-0.2, 0) is 26.4 Å².